The van der Waals surface area contributed by atoms with Gasteiger partial charge in [0.2, 0.25) is 5.89 Å². The van der Waals surface area contributed by atoms with Crippen LogP contribution in [0.4, 0.5) is 6.01 Å². The molecule has 120 valence electrons. The molecule has 0 N–H and O–H groups in total. The molecular formula is C15H23N5OS. The fourth-order valence-electron chi connectivity index (χ4n) is 2.45. The first-order valence-electron chi connectivity index (χ1n) is 7.64. The molecule has 0 aliphatic carbocycles. The minimum absolute atomic E-state index is 0.102. The summed E-state index contributed by atoms with van der Waals surface area (Å²) in [6.45, 7) is 13.0. The molecule has 0 unspecified atom stereocenters. The van der Waals surface area contributed by atoms with Crippen molar-refractivity contribution in [1.82, 2.24) is 20.1 Å². The van der Waals surface area contributed by atoms with Crippen LogP contribution in [0.2, 0.25) is 0 Å². The standard InChI is InChI=1S/C15H23N5OS/c1-11-16-12(10-22-11)9-19-5-7-20(8-6-19)14-18-17-13(21-14)15(2,3)4/h10H,5-9H2,1-4H3. The quantitative estimate of drug-likeness (QED) is 0.865. The minimum atomic E-state index is -0.102. The molecule has 0 spiro atoms. The predicted octanol–water partition coefficient (Wildman–Crippen LogP) is 2.45. The Morgan fingerprint density at radius 1 is 1.18 bits per heavy atom. The highest BCUT2D eigenvalue weighted by molar-refractivity contribution is 7.09. The zero-order chi connectivity index (χ0) is 15.7. The lowest BCUT2D eigenvalue weighted by Gasteiger charge is -2.33. The molecule has 22 heavy (non-hydrogen) atoms. The zero-order valence-electron chi connectivity index (χ0n) is 13.7. The second-order valence-electron chi connectivity index (χ2n) is 6.76. The monoisotopic (exact) mass is 321 g/mol. The Morgan fingerprint density at radius 2 is 1.91 bits per heavy atom. The highest BCUT2D eigenvalue weighted by Crippen LogP contribution is 2.24. The first-order valence-corrected chi connectivity index (χ1v) is 8.52. The maximum atomic E-state index is 5.82. The van der Waals surface area contributed by atoms with Gasteiger partial charge in [0, 0.05) is 43.5 Å². The van der Waals surface area contributed by atoms with E-state index in [-0.39, 0.29) is 5.41 Å². The Morgan fingerprint density at radius 3 is 2.45 bits per heavy atom. The fraction of sp³-hybridized carbons (Fsp3) is 0.667. The van der Waals surface area contributed by atoms with Crippen LogP contribution in [0.15, 0.2) is 9.80 Å². The SMILES string of the molecule is Cc1nc(CN2CCN(c3nnc(C(C)(C)C)o3)CC2)cs1. The molecule has 1 aliphatic rings. The molecule has 0 bridgehead atoms. The smallest absolute Gasteiger partial charge is 0.318 e. The second kappa shape index (κ2) is 5.96. The molecule has 7 heteroatoms. The number of nitrogens with zero attached hydrogens (tertiary/aromatic N) is 5. The van der Waals surface area contributed by atoms with E-state index < -0.39 is 0 Å². The summed E-state index contributed by atoms with van der Waals surface area (Å²) in [6, 6.07) is 0.647. The largest absolute Gasteiger partial charge is 0.407 e. The third-order valence-corrected chi connectivity index (χ3v) is 4.57. The molecule has 1 saturated heterocycles. The van der Waals surface area contributed by atoms with Crippen molar-refractivity contribution in [3.63, 3.8) is 0 Å². The van der Waals surface area contributed by atoms with Crippen molar-refractivity contribution >= 4 is 17.4 Å². The van der Waals surface area contributed by atoms with Gasteiger partial charge in [0.1, 0.15) is 0 Å². The van der Waals surface area contributed by atoms with Crippen LogP contribution >= 0.6 is 11.3 Å². The van der Waals surface area contributed by atoms with Crippen LogP contribution in [0.1, 0.15) is 37.4 Å². The van der Waals surface area contributed by atoms with Crippen LogP contribution in [0, 0.1) is 6.92 Å². The maximum absolute atomic E-state index is 5.82. The van der Waals surface area contributed by atoms with Crippen molar-refractivity contribution in [2.24, 2.45) is 0 Å². The van der Waals surface area contributed by atoms with Gasteiger partial charge in [-0.15, -0.1) is 16.4 Å². The molecule has 0 aromatic carbocycles. The number of piperazine rings is 1. The van der Waals surface area contributed by atoms with Crippen LogP contribution in [0.25, 0.3) is 0 Å². The van der Waals surface area contributed by atoms with Crippen LogP contribution in [-0.4, -0.2) is 46.3 Å². The number of anilines is 1. The van der Waals surface area contributed by atoms with Crippen LogP contribution in [0.5, 0.6) is 0 Å². The molecule has 1 aliphatic heterocycles. The number of aryl methyl sites for hydroxylation is 1. The molecule has 0 radical (unpaired) electrons. The van der Waals surface area contributed by atoms with Crippen molar-refractivity contribution in [2.45, 2.75) is 39.7 Å². The summed E-state index contributed by atoms with van der Waals surface area (Å²) in [4.78, 5) is 9.13. The van der Waals surface area contributed by atoms with Crippen molar-refractivity contribution < 1.29 is 4.42 Å². The summed E-state index contributed by atoms with van der Waals surface area (Å²) >= 11 is 1.71. The summed E-state index contributed by atoms with van der Waals surface area (Å²) in [5.41, 5.74) is 1.07. The Labute approximate surface area is 135 Å². The van der Waals surface area contributed by atoms with E-state index in [9.17, 15) is 0 Å². The van der Waals surface area contributed by atoms with Gasteiger partial charge in [-0.25, -0.2) is 4.98 Å². The average Bonchev–Trinajstić information content (AvgIpc) is 3.08. The van der Waals surface area contributed by atoms with Gasteiger partial charge >= 0.3 is 6.01 Å². The Hall–Kier alpha value is -1.47. The number of rotatable bonds is 3. The predicted molar refractivity (Wildman–Crippen MR) is 87.3 cm³/mol. The van der Waals surface area contributed by atoms with Crippen molar-refractivity contribution in [3.05, 3.63) is 22.0 Å². The molecular weight excluding hydrogens is 298 g/mol. The lowest BCUT2D eigenvalue weighted by atomic mass is 9.97. The first-order chi connectivity index (χ1) is 10.4. The van der Waals surface area contributed by atoms with Gasteiger partial charge in [-0.1, -0.05) is 25.9 Å². The van der Waals surface area contributed by atoms with E-state index in [1.54, 1.807) is 11.3 Å². The molecule has 3 rings (SSSR count). The molecule has 3 heterocycles. The van der Waals surface area contributed by atoms with Crippen molar-refractivity contribution in [1.29, 1.82) is 0 Å². The summed E-state index contributed by atoms with van der Waals surface area (Å²) in [5, 5.41) is 11.7. The van der Waals surface area contributed by atoms with E-state index in [0.29, 0.717) is 11.9 Å². The van der Waals surface area contributed by atoms with E-state index in [0.717, 1.165) is 37.7 Å². The van der Waals surface area contributed by atoms with E-state index in [2.05, 4.69) is 58.1 Å². The fourth-order valence-corrected chi connectivity index (χ4v) is 3.06. The normalized spacial score (nSPS) is 17.2. The summed E-state index contributed by atoms with van der Waals surface area (Å²) < 4.78 is 5.82. The average molecular weight is 321 g/mol. The van der Waals surface area contributed by atoms with Gasteiger partial charge < -0.3 is 9.32 Å². The van der Waals surface area contributed by atoms with Gasteiger partial charge in [-0.05, 0) is 6.92 Å². The first kappa shape index (κ1) is 15.4. The van der Waals surface area contributed by atoms with Crippen LogP contribution in [0.3, 0.4) is 0 Å². The topological polar surface area (TPSA) is 58.3 Å². The highest BCUT2D eigenvalue weighted by atomic mass is 32.1. The number of aromatic nitrogens is 3. The summed E-state index contributed by atoms with van der Waals surface area (Å²) in [6.07, 6.45) is 0. The van der Waals surface area contributed by atoms with E-state index in [1.165, 1.54) is 5.69 Å². The van der Waals surface area contributed by atoms with Gasteiger partial charge in [0.05, 0.1) is 10.7 Å². The third-order valence-electron chi connectivity index (χ3n) is 3.75. The summed E-state index contributed by atoms with van der Waals surface area (Å²) in [7, 11) is 0. The Balaban J connectivity index is 1.56. The van der Waals surface area contributed by atoms with Crippen LogP contribution in [-0.2, 0) is 12.0 Å². The minimum Gasteiger partial charge on any atom is -0.407 e. The summed E-state index contributed by atoms with van der Waals surface area (Å²) in [5.74, 6) is 0.697. The van der Waals surface area contributed by atoms with E-state index >= 15 is 0 Å². The van der Waals surface area contributed by atoms with Gasteiger partial charge in [0.25, 0.3) is 0 Å². The number of thiazole rings is 1. The second-order valence-corrected chi connectivity index (χ2v) is 7.82. The molecule has 0 atom stereocenters. The maximum Gasteiger partial charge on any atom is 0.318 e. The molecule has 0 saturated carbocycles. The van der Waals surface area contributed by atoms with Gasteiger partial charge in [-0.2, -0.15) is 0 Å². The van der Waals surface area contributed by atoms with Crippen molar-refractivity contribution in [2.75, 3.05) is 31.1 Å². The lowest BCUT2D eigenvalue weighted by Crippen LogP contribution is -2.46. The third kappa shape index (κ3) is 3.47. The highest BCUT2D eigenvalue weighted by Gasteiger charge is 2.25. The molecule has 0 amide bonds. The number of hydrogen-bond donors (Lipinski definition) is 0. The van der Waals surface area contributed by atoms with Gasteiger partial charge in [0.15, 0.2) is 0 Å². The Bertz CT molecular complexity index is 622. The van der Waals surface area contributed by atoms with Gasteiger partial charge in [-0.3, -0.25) is 4.90 Å². The van der Waals surface area contributed by atoms with Crippen LogP contribution < -0.4 is 4.90 Å². The van der Waals surface area contributed by atoms with E-state index in [1.807, 2.05) is 0 Å². The van der Waals surface area contributed by atoms with E-state index in [4.69, 9.17) is 4.42 Å². The Kier molecular flexibility index (Phi) is 4.18. The molecule has 6 nitrogen and oxygen atoms in total. The molecule has 1 fully saturated rings. The molecule has 2 aromatic rings. The zero-order valence-corrected chi connectivity index (χ0v) is 14.5. The lowest BCUT2D eigenvalue weighted by molar-refractivity contribution is 0.241. The number of hydrogen-bond acceptors (Lipinski definition) is 7. The molecule has 2 aromatic heterocycles. The van der Waals surface area contributed by atoms with Crippen molar-refractivity contribution in [3.8, 4) is 0 Å².